The zero-order valence-electron chi connectivity index (χ0n) is 15.0. The Balaban J connectivity index is 2.51. The third-order valence-corrected chi connectivity index (χ3v) is 4.67. The number of sulfonamides is 1. The molecule has 11 heteroatoms. The van der Waals surface area contributed by atoms with Crippen molar-refractivity contribution in [1.29, 1.82) is 0 Å². The fourth-order valence-electron chi connectivity index (χ4n) is 2.32. The average Bonchev–Trinajstić information content (AvgIpc) is 2.54. The first-order chi connectivity index (χ1) is 12.4. The molecular weight excluding hydrogens is 391 g/mol. The maximum absolute atomic E-state index is 12.2. The number of carbonyl (C=O) groups is 2. The highest BCUT2D eigenvalue weighted by molar-refractivity contribution is 7.90. The molecule has 0 saturated carbocycles. The number of esters is 2. The van der Waals surface area contributed by atoms with Gasteiger partial charge in [0.05, 0.1) is 5.56 Å². The van der Waals surface area contributed by atoms with Crippen LogP contribution in [0.2, 0.25) is 0 Å². The molecule has 27 heavy (non-hydrogen) atoms. The molecule has 0 aliphatic carbocycles. The van der Waals surface area contributed by atoms with E-state index >= 15 is 0 Å². The van der Waals surface area contributed by atoms with Crippen molar-refractivity contribution in [3.63, 3.8) is 0 Å². The summed E-state index contributed by atoms with van der Waals surface area (Å²) in [6, 6.07) is 3.54. The van der Waals surface area contributed by atoms with E-state index in [9.17, 15) is 31.2 Å². The lowest BCUT2D eigenvalue weighted by molar-refractivity contribution is -0.147. The number of benzene rings is 1. The lowest BCUT2D eigenvalue weighted by Crippen LogP contribution is -2.38. The highest BCUT2D eigenvalue weighted by atomic mass is 32.2. The first kappa shape index (κ1) is 22.9. The molecule has 1 aromatic rings. The maximum Gasteiger partial charge on any atom is 0.511 e. The Hall–Kier alpha value is -2.14. The summed E-state index contributed by atoms with van der Waals surface area (Å²) < 4.78 is 68.4. The molecule has 1 N–H and O–H groups in total. The van der Waals surface area contributed by atoms with Gasteiger partial charge in [-0.25, -0.2) is 22.7 Å². The summed E-state index contributed by atoms with van der Waals surface area (Å²) in [5, 5.41) is 0. The lowest BCUT2D eigenvalue weighted by atomic mass is 9.97. The van der Waals surface area contributed by atoms with Gasteiger partial charge in [-0.3, -0.25) is 0 Å². The van der Waals surface area contributed by atoms with Gasteiger partial charge in [0.1, 0.15) is 6.61 Å². The Morgan fingerprint density at radius 2 is 1.78 bits per heavy atom. The third-order valence-electron chi connectivity index (χ3n) is 3.47. The maximum atomic E-state index is 12.2. The van der Waals surface area contributed by atoms with Gasteiger partial charge in [-0.05, 0) is 43.0 Å². The van der Waals surface area contributed by atoms with E-state index in [4.69, 9.17) is 4.74 Å². The van der Waals surface area contributed by atoms with Crippen molar-refractivity contribution in [2.24, 2.45) is 0 Å². The van der Waals surface area contributed by atoms with Crippen LogP contribution in [0.1, 0.15) is 34.0 Å². The third kappa shape index (κ3) is 6.51. The highest BCUT2D eigenvalue weighted by Crippen LogP contribution is 2.21. The molecule has 1 rings (SSSR count). The van der Waals surface area contributed by atoms with Gasteiger partial charge < -0.3 is 9.47 Å². The summed E-state index contributed by atoms with van der Waals surface area (Å²) in [4.78, 5) is 23.6. The number of carbonyl (C=O) groups excluding carboxylic acids is 2. The molecule has 0 aliphatic heterocycles. The van der Waals surface area contributed by atoms with Crippen LogP contribution in [0.3, 0.4) is 0 Å². The van der Waals surface area contributed by atoms with Crippen LogP contribution in [-0.2, 0) is 30.7 Å². The molecule has 0 heterocycles. The van der Waals surface area contributed by atoms with Gasteiger partial charge in [-0.15, -0.1) is 0 Å². The molecule has 0 spiro atoms. The van der Waals surface area contributed by atoms with Crippen molar-refractivity contribution in [3.8, 4) is 0 Å². The van der Waals surface area contributed by atoms with Crippen LogP contribution < -0.4 is 4.72 Å². The molecule has 152 valence electrons. The summed E-state index contributed by atoms with van der Waals surface area (Å²) in [6.07, 6.45) is 0.584. The summed E-state index contributed by atoms with van der Waals surface area (Å²) in [5.74, 6) is -1.75. The van der Waals surface area contributed by atoms with Gasteiger partial charge in [-0.1, -0.05) is 13.0 Å². The van der Waals surface area contributed by atoms with Crippen LogP contribution in [0.15, 0.2) is 12.1 Å². The van der Waals surface area contributed by atoms with Gasteiger partial charge >= 0.3 is 27.5 Å². The second-order valence-electron chi connectivity index (χ2n) is 5.60. The molecule has 0 aromatic heterocycles. The minimum absolute atomic E-state index is 0.320. The highest BCUT2D eigenvalue weighted by Gasteiger charge is 2.45. The Morgan fingerprint density at radius 3 is 2.33 bits per heavy atom. The monoisotopic (exact) mass is 411 g/mol. The van der Waals surface area contributed by atoms with Crippen LogP contribution >= 0.6 is 0 Å². The average molecular weight is 411 g/mol. The van der Waals surface area contributed by atoms with Crippen LogP contribution in [-0.4, -0.2) is 45.6 Å². The standard InChI is InChI=1S/C16H20F3NO6S/c1-4-12-11(3)7-10(2)8-13(12)15(22)26-9-14(21)25-6-5-20-27(23,24)16(17,18)19/h7-8,20H,4-6,9H2,1-3H3. The fourth-order valence-corrected chi connectivity index (χ4v) is 2.83. The van der Waals surface area contributed by atoms with Crippen molar-refractivity contribution in [3.05, 3.63) is 34.4 Å². The number of halogens is 3. The minimum Gasteiger partial charge on any atom is -0.462 e. The molecule has 1 aromatic carbocycles. The van der Waals surface area contributed by atoms with Crippen LogP contribution in [0.25, 0.3) is 0 Å². The van der Waals surface area contributed by atoms with Crippen molar-refractivity contribution >= 4 is 22.0 Å². The normalized spacial score (nSPS) is 11.9. The van der Waals surface area contributed by atoms with E-state index in [-0.39, 0.29) is 0 Å². The van der Waals surface area contributed by atoms with Crippen LogP contribution in [0, 0.1) is 13.8 Å². The minimum atomic E-state index is -5.50. The first-order valence-electron chi connectivity index (χ1n) is 7.87. The van der Waals surface area contributed by atoms with E-state index in [1.807, 2.05) is 19.9 Å². The molecule has 0 unspecified atom stereocenters. The van der Waals surface area contributed by atoms with Gasteiger partial charge in [0.25, 0.3) is 0 Å². The Bertz CT molecular complexity index is 805. The van der Waals surface area contributed by atoms with Gasteiger partial charge in [0, 0.05) is 6.54 Å². The van der Waals surface area contributed by atoms with E-state index in [0.717, 1.165) is 16.7 Å². The number of ether oxygens (including phenoxy) is 2. The van der Waals surface area contributed by atoms with E-state index in [1.54, 1.807) is 13.0 Å². The number of hydrogen-bond acceptors (Lipinski definition) is 6. The summed E-state index contributed by atoms with van der Waals surface area (Å²) in [7, 11) is -5.50. The predicted octanol–water partition coefficient (Wildman–Crippen LogP) is 2.01. The first-order valence-corrected chi connectivity index (χ1v) is 9.36. The van der Waals surface area contributed by atoms with Crippen LogP contribution in [0.4, 0.5) is 13.2 Å². The van der Waals surface area contributed by atoms with Crippen molar-refractivity contribution in [1.82, 2.24) is 4.72 Å². The quantitative estimate of drug-likeness (QED) is 0.519. The Morgan fingerprint density at radius 1 is 1.15 bits per heavy atom. The van der Waals surface area contributed by atoms with Crippen molar-refractivity contribution in [2.75, 3.05) is 19.8 Å². The van der Waals surface area contributed by atoms with E-state index in [0.29, 0.717) is 12.0 Å². The summed E-state index contributed by atoms with van der Waals surface area (Å²) in [6.45, 7) is 3.36. The molecule has 0 saturated heterocycles. The summed E-state index contributed by atoms with van der Waals surface area (Å²) >= 11 is 0. The number of nitrogens with one attached hydrogen (secondary N) is 1. The molecule has 0 radical (unpaired) electrons. The fraction of sp³-hybridized carbons (Fsp3) is 0.500. The molecular formula is C16H20F3NO6S. The van der Waals surface area contributed by atoms with Crippen molar-refractivity contribution in [2.45, 2.75) is 32.7 Å². The Labute approximate surface area is 154 Å². The zero-order chi connectivity index (χ0) is 20.8. The van der Waals surface area contributed by atoms with Crippen molar-refractivity contribution < 1.29 is 40.7 Å². The molecule has 0 bridgehead atoms. The molecule has 7 nitrogen and oxygen atoms in total. The number of rotatable bonds is 8. The molecule has 0 fully saturated rings. The number of alkyl halides is 3. The van der Waals surface area contributed by atoms with E-state index in [2.05, 4.69) is 4.74 Å². The zero-order valence-corrected chi connectivity index (χ0v) is 15.8. The van der Waals surface area contributed by atoms with Gasteiger partial charge in [-0.2, -0.15) is 13.2 Å². The second kappa shape index (κ2) is 9.18. The summed E-state index contributed by atoms with van der Waals surface area (Å²) in [5.41, 5.74) is -2.60. The topological polar surface area (TPSA) is 98.8 Å². The van der Waals surface area contributed by atoms with Gasteiger partial charge in [0.2, 0.25) is 0 Å². The largest absolute Gasteiger partial charge is 0.511 e. The molecule has 0 aliphatic rings. The SMILES string of the molecule is CCc1c(C)cc(C)cc1C(=O)OCC(=O)OCCNS(=O)(=O)C(F)(F)F. The lowest BCUT2D eigenvalue weighted by Gasteiger charge is -2.12. The van der Waals surface area contributed by atoms with E-state index < -0.39 is 47.2 Å². The number of hydrogen-bond donors (Lipinski definition) is 1. The smallest absolute Gasteiger partial charge is 0.462 e. The van der Waals surface area contributed by atoms with Gasteiger partial charge in [0.15, 0.2) is 6.61 Å². The van der Waals surface area contributed by atoms with Crippen LogP contribution in [0.5, 0.6) is 0 Å². The molecule has 0 atom stereocenters. The number of aryl methyl sites for hydroxylation is 2. The Kier molecular flexibility index (Phi) is 7.78. The van der Waals surface area contributed by atoms with E-state index in [1.165, 1.54) is 4.72 Å². The second-order valence-corrected chi connectivity index (χ2v) is 7.36. The molecule has 0 amide bonds. The predicted molar refractivity (Wildman–Crippen MR) is 89.5 cm³/mol.